The first-order chi connectivity index (χ1) is 2.91. The average molecular weight is 167 g/mol. The van der Waals surface area contributed by atoms with E-state index in [0.29, 0.717) is 0 Å². The van der Waals surface area contributed by atoms with Crippen molar-refractivity contribution in [3.63, 3.8) is 0 Å². The molecule has 0 aromatic heterocycles. The van der Waals surface area contributed by atoms with Gasteiger partial charge < -0.3 is 0 Å². The van der Waals surface area contributed by atoms with Gasteiger partial charge >= 0.3 is 48.2 Å². The van der Waals surface area contributed by atoms with Crippen LogP contribution in [-0.2, 0) is 0 Å². The molecular formula is C4H8SSe. The fraction of sp³-hybridized carbons (Fsp3) is 0.500. The Hall–Kier alpha value is 0.609. The van der Waals surface area contributed by atoms with E-state index in [1.54, 1.807) is 0 Å². The summed E-state index contributed by atoms with van der Waals surface area (Å²) in [7, 11) is 1.95. The van der Waals surface area contributed by atoms with Crippen LogP contribution >= 0.6 is 10.2 Å². The molecule has 0 saturated carbocycles. The molecule has 36 valence electrons. The van der Waals surface area contributed by atoms with Crippen LogP contribution < -0.4 is 0 Å². The molecule has 0 aliphatic carbocycles. The van der Waals surface area contributed by atoms with E-state index in [2.05, 4.69) is 12.4 Å². The summed E-state index contributed by atoms with van der Waals surface area (Å²) in [6, 6.07) is 0. The van der Waals surface area contributed by atoms with Gasteiger partial charge in [0.2, 0.25) is 0 Å². The molecular weight excluding hydrogens is 159 g/mol. The van der Waals surface area contributed by atoms with Crippen LogP contribution in [0.3, 0.4) is 0 Å². The van der Waals surface area contributed by atoms with Crippen molar-refractivity contribution >= 4 is 24.0 Å². The second kappa shape index (κ2) is 5.61. The molecule has 0 aliphatic rings. The molecule has 0 N–H and O–H groups in total. The first-order valence-corrected chi connectivity index (χ1v) is 6.40. The third-order valence-corrected chi connectivity index (χ3v) is 3.25. The maximum atomic E-state index is 3.59. The monoisotopic (exact) mass is 168 g/mol. The van der Waals surface area contributed by atoms with Crippen LogP contribution in [0.2, 0.25) is 5.82 Å². The Balaban J connectivity index is 2.49. The van der Waals surface area contributed by atoms with Crippen molar-refractivity contribution in [1.29, 1.82) is 0 Å². The molecule has 0 atom stereocenters. The van der Waals surface area contributed by atoms with Gasteiger partial charge in [-0.1, -0.05) is 0 Å². The van der Waals surface area contributed by atoms with Crippen molar-refractivity contribution in [2.75, 3.05) is 5.75 Å². The third-order valence-electron chi connectivity index (χ3n) is 0.304. The third kappa shape index (κ3) is 4.61. The Kier molecular flexibility index (Phi) is 6.18. The van der Waals surface area contributed by atoms with E-state index in [4.69, 9.17) is 0 Å². The zero-order valence-corrected chi connectivity index (χ0v) is 6.34. The summed E-state index contributed by atoms with van der Waals surface area (Å²) in [5.74, 6) is 3.33. The fourth-order valence-electron chi connectivity index (χ4n) is 0.116. The number of rotatable bonds is 3. The first-order valence-electron chi connectivity index (χ1n) is 1.68. The Labute approximate surface area is 48.6 Å². The van der Waals surface area contributed by atoms with Crippen molar-refractivity contribution in [2.45, 2.75) is 5.82 Å². The summed E-state index contributed by atoms with van der Waals surface area (Å²) in [4.78, 5) is 0. The van der Waals surface area contributed by atoms with Gasteiger partial charge in [0.25, 0.3) is 0 Å². The minimum atomic E-state index is 0.772. The number of hydrogen-bond acceptors (Lipinski definition) is 1. The van der Waals surface area contributed by atoms with Gasteiger partial charge in [-0.05, 0) is 0 Å². The fourth-order valence-corrected chi connectivity index (χ4v) is 1.81. The van der Waals surface area contributed by atoms with E-state index in [9.17, 15) is 0 Å². The van der Waals surface area contributed by atoms with E-state index >= 15 is 0 Å². The topological polar surface area (TPSA) is 0 Å². The Bertz CT molecular complexity index is 36.5. The second-order valence-corrected chi connectivity index (χ2v) is 5.22. The SMILES string of the molecule is C=CCS[Se]C. The summed E-state index contributed by atoms with van der Waals surface area (Å²) >= 11 is 0.772. The van der Waals surface area contributed by atoms with Crippen LogP contribution in [0, 0.1) is 0 Å². The summed E-state index contributed by atoms with van der Waals surface area (Å²) in [6.07, 6.45) is 1.94. The van der Waals surface area contributed by atoms with Crippen LogP contribution in [0.1, 0.15) is 0 Å². The van der Waals surface area contributed by atoms with Gasteiger partial charge in [0.05, 0.1) is 0 Å². The van der Waals surface area contributed by atoms with Gasteiger partial charge in [0.1, 0.15) is 0 Å². The molecule has 0 rings (SSSR count). The predicted molar refractivity (Wildman–Crippen MR) is 34.3 cm³/mol. The molecule has 2 heteroatoms. The van der Waals surface area contributed by atoms with E-state index < -0.39 is 0 Å². The molecule has 0 saturated heterocycles. The molecule has 0 radical (unpaired) electrons. The van der Waals surface area contributed by atoms with Gasteiger partial charge in [0.15, 0.2) is 0 Å². The first kappa shape index (κ1) is 6.61. The Morgan fingerprint density at radius 3 is 2.83 bits per heavy atom. The van der Waals surface area contributed by atoms with E-state index in [1.807, 2.05) is 16.3 Å². The van der Waals surface area contributed by atoms with Crippen LogP contribution in [-0.4, -0.2) is 19.6 Å². The van der Waals surface area contributed by atoms with Crippen molar-refractivity contribution in [1.82, 2.24) is 0 Å². The second-order valence-electron chi connectivity index (χ2n) is 0.740. The molecule has 0 fully saturated rings. The molecule has 6 heavy (non-hydrogen) atoms. The maximum absolute atomic E-state index is 3.59. The van der Waals surface area contributed by atoms with E-state index in [0.717, 1.165) is 19.6 Å². The molecule has 0 aromatic rings. The normalized spacial score (nSPS) is 8.17. The van der Waals surface area contributed by atoms with Crippen molar-refractivity contribution in [3.05, 3.63) is 12.7 Å². The van der Waals surface area contributed by atoms with Crippen LogP contribution in [0.5, 0.6) is 0 Å². The van der Waals surface area contributed by atoms with Gasteiger partial charge in [0, 0.05) is 0 Å². The van der Waals surface area contributed by atoms with Crippen LogP contribution in [0.25, 0.3) is 0 Å². The number of hydrogen-bond donors (Lipinski definition) is 0. The van der Waals surface area contributed by atoms with Crippen molar-refractivity contribution in [3.8, 4) is 0 Å². The molecule has 0 bridgehead atoms. The molecule has 0 aliphatic heterocycles. The Morgan fingerprint density at radius 2 is 2.67 bits per heavy atom. The van der Waals surface area contributed by atoms with Gasteiger partial charge in [-0.3, -0.25) is 0 Å². The summed E-state index contributed by atoms with van der Waals surface area (Å²) in [6.45, 7) is 3.59. The molecule has 0 unspecified atom stereocenters. The zero-order valence-electron chi connectivity index (χ0n) is 3.81. The van der Waals surface area contributed by atoms with Gasteiger partial charge in [-0.2, -0.15) is 0 Å². The molecule has 0 heterocycles. The standard InChI is InChI=1S/C4H8SSe/c1-3-4-5-6-2/h3H,1,4H2,2H3. The molecule has 0 spiro atoms. The molecule has 0 amide bonds. The van der Waals surface area contributed by atoms with Crippen LogP contribution in [0.4, 0.5) is 0 Å². The summed E-state index contributed by atoms with van der Waals surface area (Å²) in [5.41, 5.74) is 0. The summed E-state index contributed by atoms with van der Waals surface area (Å²) < 4.78 is 0. The minimum absolute atomic E-state index is 0.772. The summed E-state index contributed by atoms with van der Waals surface area (Å²) in [5, 5.41) is 0. The predicted octanol–water partition coefficient (Wildman–Crippen LogP) is 1.57. The van der Waals surface area contributed by atoms with Gasteiger partial charge in [-0.15, -0.1) is 0 Å². The van der Waals surface area contributed by atoms with Crippen molar-refractivity contribution < 1.29 is 0 Å². The molecule has 0 nitrogen and oxygen atoms in total. The van der Waals surface area contributed by atoms with E-state index in [-0.39, 0.29) is 0 Å². The van der Waals surface area contributed by atoms with Gasteiger partial charge in [-0.25, -0.2) is 0 Å². The zero-order chi connectivity index (χ0) is 4.83. The average Bonchev–Trinajstić information content (AvgIpc) is 1.61. The quantitative estimate of drug-likeness (QED) is 0.349. The molecule has 0 aromatic carbocycles. The van der Waals surface area contributed by atoms with E-state index in [1.165, 1.54) is 0 Å². The van der Waals surface area contributed by atoms with Crippen LogP contribution in [0.15, 0.2) is 12.7 Å². The Morgan fingerprint density at radius 1 is 2.00 bits per heavy atom. The van der Waals surface area contributed by atoms with Crippen molar-refractivity contribution in [2.24, 2.45) is 0 Å².